The summed E-state index contributed by atoms with van der Waals surface area (Å²) in [5.41, 5.74) is 1.38. The number of non-ortho nitro benzene ring substituents is 1. The number of benzene rings is 2. The Kier molecular flexibility index (Phi) is 9.84. The molecule has 2 amide bonds. The van der Waals surface area contributed by atoms with Crippen LogP contribution >= 0.6 is 22.7 Å². The molecule has 0 aliphatic carbocycles. The standard InChI is InChI=1S/C29H29F2N5O5S2/c1-6-41-29(38)35(15-20-22(30)8-7-9-23(20)31)27-24(26(37)33-28-32-16(2)17(3)42-28)21(14-34(4)5)25(43-27)18-10-12-19(13-11-18)36(39)40/h7-13H,6,14-15H2,1-5H3,(H,32,33,37). The van der Waals surface area contributed by atoms with Gasteiger partial charge in [-0.2, -0.15) is 0 Å². The number of hydrogen-bond acceptors (Lipinski definition) is 9. The number of nitrogens with one attached hydrogen (secondary N) is 1. The average molecular weight is 630 g/mol. The molecule has 2 aromatic carbocycles. The fraction of sp³-hybridized carbons (Fsp3) is 0.276. The van der Waals surface area contributed by atoms with Crippen LogP contribution in [-0.2, 0) is 17.8 Å². The lowest BCUT2D eigenvalue weighted by molar-refractivity contribution is -0.384. The number of anilines is 2. The normalized spacial score (nSPS) is 11.1. The molecule has 0 unspecified atom stereocenters. The third kappa shape index (κ3) is 7.04. The molecule has 43 heavy (non-hydrogen) atoms. The molecule has 0 aliphatic heterocycles. The van der Waals surface area contributed by atoms with Crippen molar-refractivity contribution in [3.63, 3.8) is 0 Å². The molecule has 1 N–H and O–H groups in total. The number of nitrogens with zero attached hydrogens (tertiary/aromatic N) is 4. The van der Waals surface area contributed by atoms with Crippen molar-refractivity contribution in [1.82, 2.24) is 9.88 Å². The minimum absolute atomic E-state index is 0.0283. The van der Waals surface area contributed by atoms with E-state index in [0.717, 1.165) is 38.9 Å². The minimum atomic E-state index is -0.909. The average Bonchev–Trinajstić information content (AvgIpc) is 3.46. The van der Waals surface area contributed by atoms with E-state index in [9.17, 15) is 28.5 Å². The third-order valence-corrected chi connectivity index (χ3v) is 8.68. The van der Waals surface area contributed by atoms with E-state index < -0.39 is 35.1 Å². The number of halogens is 2. The number of thiazole rings is 1. The molecule has 0 aliphatic rings. The molecular weight excluding hydrogens is 600 g/mol. The summed E-state index contributed by atoms with van der Waals surface area (Å²) in [7, 11) is 3.59. The van der Waals surface area contributed by atoms with Gasteiger partial charge in [0.1, 0.15) is 16.6 Å². The fourth-order valence-corrected chi connectivity index (χ4v) is 6.37. The monoisotopic (exact) mass is 629 g/mol. The van der Waals surface area contributed by atoms with Crippen molar-refractivity contribution in [2.24, 2.45) is 0 Å². The van der Waals surface area contributed by atoms with Crippen molar-refractivity contribution in [2.75, 3.05) is 30.9 Å². The lowest BCUT2D eigenvalue weighted by atomic mass is 10.0. The number of hydrogen-bond donors (Lipinski definition) is 1. The van der Waals surface area contributed by atoms with Gasteiger partial charge in [0.25, 0.3) is 11.6 Å². The first-order chi connectivity index (χ1) is 20.4. The summed E-state index contributed by atoms with van der Waals surface area (Å²) >= 11 is 2.32. The predicted molar refractivity (Wildman–Crippen MR) is 163 cm³/mol. The summed E-state index contributed by atoms with van der Waals surface area (Å²) < 4.78 is 34.9. The van der Waals surface area contributed by atoms with E-state index in [0.29, 0.717) is 21.1 Å². The van der Waals surface area contributed by atoms with Crippen LogP contribution in [0.4, 0.5) is 29.4 Å². The van der Waals surface area contributed by atoms with Gasteiger partial charge in [0.15, 0.2) is 5.13 Å². The third-order valence-electron chi connectivity index (χ3n) is 6.39. The molecule has 2 aromatic heterocycles. The highest BCUT2D eigenvalue weighted by atomic mass is 32.1. The van der Waals surface area contributed by atoms with Crippen LogP contribution in [0.2, 0.25) is 0 Å². The molecule has 0 fully saturated rings. The van der Waals surface area contributed by atoms with E-state index in [1.54, 1.807) is 33.2 Å². The van der Waals surface area contributed by atoms with E-state index in [-0.39, 0.29) is 35.0 Å². The number of carbonyl (C=O) groups excluding carboxylic acids is 2. The SMILES string of the molecule is CCOC(=O)N(Cc1c(F)cccc1F)c1sc(-c2ccc([N+](=O)[O-])cc2)c(CN(C)C)c1C(=O)Nc1nc(C)c(C)s1. The van der Waals surface area contributed by atoms with Crippen molar-refractivity contribution in [2.45, 2.75) is 33.9 Å². The summed E-state index contributed by atoms with van der Waals surface area (Å²) in [6, 6.07) is 9.15. The molecule has 0 spiro atoms. The Hall–Kier alpha value is -4.27. The Bertz CT molecular complexity index is 1630. The van der Waals surface area contributed by atoms with E-state index in [1.165, 1.54) is 29.5 Å². The summed E-state index contributed by atoms with van der Waals surface area (Å²) in [5, 5.41) is 14.5. The van der Waals surface area contributed by atoms with Gasteiger partial charge in [0, 0.05) is 34.0 Å². The number of nitro groups is 1. The molecular formula is C29H29F2N5O5S2. The van der Waals surface area contributed by atoms with Gasteiger partial charge in [0.05, 0.1) is 29.3 Å². The van der Waals surface area contributed by atoms with Crippen LogP contribution in [0.3, 0.4) is 0 Å². The zero-order valence-corrected chi connectivity index (χ0v) is 25.7. The van der Waals surface area contributed by atoms with Gasteiger partial charge in [-0.1, -0.05) is 6.07 Å². The lowest BCUT2D eigenvalue weighted by Gasteiger charge is -2.23. The van der Waals surface area contributed by atoms with Crippen molar-refractivity contribution >= 4 is 50.5 Å². The van der Waals surface area contributed by atoms with Crippen molar-refractivity contribution in [1.29, 1.82) is 0 Å². The predicted octanol–water partition coefficient (Wildman–Crippen LogP) is 7.15. The molecule has 14 heteroatoms. The van der Waals surface area contributed by atoms with E-state index in [2.05, 4.69) is 10.3 Å². The number of nitro benzene ring substituents is 1. The molecule has 0 saturated heterocycles. The van der Waals surface area contributed by atoms with Crippen LogP contribution < -0.4 is 10.2 Å². The smallest absolute Gasteiger partial charge is 0.415 e. The highest BCUT2D eigenvalue weighted by Crippen LogP contribution is 2.44. The summed E-state index contributed by atoms with van der Waals surface area (Å²) in [6.45, 7) is 4.91. The second-order valence-electron chi connectivity index (χ2n) is 9.73. The van der Waals surface area contributed by atoms with Crippen molar-refractivity contribution in [3.05, 3.63) is 91.5 Å². The number of ether oxygens (including phenoxy) is 1. The first kappa shape index (κ1) is 31.7. The maximum absolute atomic E-state index is 14.8. The molecule has 0 bridgehead atoms. The van der Waals surface area contributed by atoms with Crippen LogP contribution in [0.15, 0.2) is 42.5 Å². The maximum atomic E-state index is 14.8. The molecule has 0 atom stereocenters. The Labute approximate surface area is 254 Å². The number of aromatic nitrogens is 1. The molecule has 10 nitrogen and oxygen atoms in total. The summed E-state index contributed by atoms with van der Waals surface area (Å²) in [5.74, 6) is -2.32. The number of carbonyl (C=O) groups is 2. The second-order valence-corrected chi connectivity index (χ2v) is 11.9. The Balaban J connectivity index is 1.97. The molecule has 0 radical (unpaired) electrons. The van der Waals surface area contributed by atoms with Gasteiger partial charge >= 0.3 is 6.09 Å². The topological polar surface area (TPSA) is 118 Å². The van der Waals surface area contributed by atoms with E-state index in [4.69, 9.17) is 4.74 Å². The second kappa shape index (κ2) is 13.4. The Morgan fingerprint density at radius 1 is 1.02 bits per heavy atom. The van der Waals surface area contributed by atoms with Gasteiger partial charge in [-0.3, -0.25) is 25.1 Å². The minimum Gasteiger partial charge on any atom is -0.449 e. The molecule has 226 valence electrons. The van der Waals surface area contributed by atoms with Crippen LogP contribution in [0.1, 0.15) is 39.0 Å². The molecule has 4 rings (SSSR count). The Morgan fingerprint density at radius 3 is 2.21 bits per heavy atom. The van der Waals surface area contributed by atoms with Gasteiger partial charge in [-0.15, -0.1) is 22.7 Å². The Morgan fingerprint density at radius 2 is 1.67 bits per heavy atom. The van der Waals surface area contributed by atoms with Crippen molar-refractivity contribution in [3.8, 4) is 10.4 Å². The zero-order valence-electron chi connectivity index (χ0n) is 24.1. The first-order valence-electron chi connectivity index (χ1n) is 13.1. The van der Waals surface area contributed by atoms with E-state index in [1.807, 2.05) is 18.7 Å². The quantitative estimate of drug-likeness (QED) is 0.146. The zero-order chi connectivity index (χ0) is 31.4. The van der Waals surface area contributed by atoms with Gasteiger partial charge < -0.3 is 9.64 Å². The van der Waals surface area contributed by atoms with E-state index >= 15 is 0 Å². The lowest BCUT2D eigenvalue weighted by Crippen LogP contribution is -2.33. The summed E-state index contributed by atoms with van der Waals surface area (Å²) in [6.07, 6.45) is -0.909. The van der Waals surface area contributed by atoms with Crippen LogP contribution in [0.25, 0.3) is 10.4 Å². The van der Waals surface area contributed by atoms with Crippen LogP contribution in [0, 0.1) is 35.6 Å². The maximum Gasteiger partial charge on any atom is 0.415 e. The number of rotatable bonds is 10. The highest BCUT2D eigenvalue weighted by molar-refractivity contribution is 7.20. The molecule has 4 aromatic rings. The molecule has 0 saturated carbocycles. The number of amides is 2. The number of aryl methyl sites for hydroxylation is 2. The largest absolute Gasteiger partial charge is 0.449 e. The van der Waals surface area contributed by atoms with Gasteiger partial charge in [-0.05, 0) is 70.3 Å². The first-order valence-corrected chi connectivity index (χ1v) is 14.7. The number of thiophene rings is 1. The van der Waals surface area contributed by atoms with Crippen LogP contribution in [0.5, 0.6) is 0 Å². The highest BCUT2D eigenvalue weighted by Gasteiger charge is 2.33. The van der Waals surface area contributed by atoms with Gasteiger partial charge in [-0.25, -0.2) is 18.6 Å². The molecule has 2 heterocycles. The van der Waals surface area contributed by atoms with Gasteiger partial charge in [0.2, 0.25) is 0 Å². The van der Waals surface area contributed by atoms with Crippen molar-refractivity contribution < 1.29 is 28.0 Å². The van der Waals surface area contributed by atoms with Crippen LogP contribution in [-0.4, -0.2) is 47.5 Å². The summed E-state index contributed by atoms with van der Waals surface area (Å²) in [4.78, 5) is 46.9. The fourth-order valence-electron chi connectivity index (χ4n) is 4.26.